The monoisotopic (exact) mass is 164 g/mol. The number of rotatable bonds is 3. The molecule has 0 aliphatic carbocycles. The van der Waals surface area contributed by atoms with Crippen molar-refractivity contribution in [1.82, 2.24) is 0 Å². The molecule has 0 heterocycles. The van der Waals surface area contributed by atoms with Gasteiger partial charge in [-0.2, -0.15) is 0 Å². The van der Waals surface area contributed by atoms with E-state index in [9.17, 15) is 5.11 Å². The number of hydrogen-bond donors (Lipinski definition) is 1. The lowest BCUT2D eigenvalue weighted by Gasteiger charge is -2.11. The fraction of sp³-hybridized carbons (Fsp3) is 0.200. The Labute approximate surface area is 72.1 Å². The Morgan fingerprint density at radius 2 is 2.00 bits per heavy atom. The molecule has 0 spiro atoms. The molecular weight excluding hydrogens is 152 g/mol. The number of methoxy groups -OCH3 is 1. The van der Waals surface area contributed by atoms with Gasteiger partial charge in [0.15, 0.2) is 0 Å². The molecule has 0 aliphatic rings. The molecule has 0 fully saturated rings. The van der Waals surface area contributed by atoms with E-state index in [1.807, 2.05) is 30.3 Å². The molecule has 64 valence electrons. The molecule has 1 aromatic rings. The molecule has 2 heteroatoms. The molecule has 0 saturated carbocycles. The van der Waals surface area contributed by atoms with E-state index in [2.05, 4.69) is 6.58 Å². The van der Waals surface area contributed by atoms with Crippen LogP contribution >= 0.6 is 0 Å². The van der Waals surface area contributed by atoms with Gasteiger partial charge in [0, 0.05) is 0 Å². The Morgan fingerprint density at radius 3 is 2.50 bits per heavy atom. The van der Waals surface area contributed by atoms with Gasteiger partial charge >= 0.3 is 0 Å². The average molecular weight is 164 g/mol. The second-order valence-electron chi connectivity index (χ2n) is 2.48. The van der Waals surface area contributed by atoms with E-state index in [1.54, 1.807) is 0 Å². The van der Waals surface area contributed by atoms with E-state index in [0.29, 0.717) is 5.76 Å². The summed E-state index contributed by atoms with van der Waals surface area (Å²) < 4.78 is 4.82. The Bertz CT molecular complexity index is 254. The first-order valence-corrected chi connectivity index (χ1v) is 3.71. The number of aliphatic hydroxyl groups is 1. The van der Waals surface area contributed by atoms with Crippen molar-refractivity contribution < 1.29 is 9.84 Å². The zero-order valence-electron chi connectivity index (χ0n) is 7.03. The molecule has 1 rings (SSSR count). The lowest BCUT2D eigenvalue weighted by molar-refractivity contribution is 0.130. The highest BCUT2D eigenvalue weighted by Gasteiger charge is 2.10. The van der Waals surface area contributed by atoms with Gasteiger partial charge in [0.05, 0.1) is 7.11 Å². The van der Waals surface area contributed by atoms with Crippen molar-refractivity contribution in [2.45, 2.75) is 6.10 Å². The molecule has 0 aromatic heterocycles. The summed E-state index contributed by atoms with van der Waals surface area (Å²) in [5.74, 6) is 0.362. The maximum Gasteiger partial charge on any atom is 0.135 e. The van der Waals surface area contributed by atoms with Crippen LogP contribution < -0.4 is 0 Å². The predicted octanol–water partition coefficient (Wildman–Crippen LogP) is 1.88. The van der Waals surface area contributed by atoms with Gasteiger partial charge in [0.25, 0.3) is 0 Å². The summed E-state index contributed by atoms with van der Waals surface area (Å²) >= 11 is 0. The topological polar surface area (TPSA) is 29.5 Å². The van der Waals surface area contributed by atoms with Crippen LogP contribution in [0.4, 0.5) is 0 Å². The number of aliphatic hydroxyl groups excluding tert-OH is 1. The summed E-state index contributed by atoms with van der Waals surface area (Å²) in [7, 11) is 1.49. The standard InChI is InChI=1S/C10H12O2/c1-8(12-2)10(11)9-6-4-3-5-7-9/h3-7,10-11H,1H2,2H3/t10-/m1/s1. The molecular formula is C10H12O2. The van der Waals surface area contributed by atoms with Crippen molar-refractivity contribution in [3.8, 4) is 0 Å². The molecule has 0 unspecified atom stereocenters. The van der Waals surface area contributed by atoms with E-state index >= 15 is 0 Å². The van der Waals surface area contributed by atoms with E-state index < -0.39 is 6.10 Å². The van der Waals surface area contributed by atoms with Crippen LogP contribution in [-0.2, 0) is 4.74 Å². The molecule has 12 heavy (non-hydrogen) atoms. The Kier molecular flexibility index (Phi) is 2.88. The summed E-state index contributed by atoms with van der Waals surface area (Å²) in [6.07, 6.45) is -0.726. The van der Waals surface area contributed by atoms with Crippen LogP contribution in [0.3, 0.4) is 0 Å². The lowest BCUT2D eigenvalue weighted by atomic mass is 10.1. The molecule has 1 aromatic carbocycles. The van der Waals surface area contributed by atoms with Gasteiger partial charge in [-0.1, -0.05) is 36.9 Å². The van der Waals surface area contributed by atoms with Gasteiger partial charge in [-0.25, -0.2) is 0 Å². The van der Waals surface area contributed by atoms with Crippen molar-refractivity contribution in [3.63, 3.8) is 0 Å². The van der Waals surface area contributed by atoms with Gasteiger partial charge in [-0.15, -0.1) is 0 Å². The van der Waals surface area contributed by atoms with Crippen LogP contribution in [0, 0.1) is 0 Å². The molecule has 1 atom stereocenters. The zero-order valence-corrected chi connectivity index (χ0v) is 7.03. The van der Waals surface area contributed by atoms with E-state index in [0.717, 1.165) is 5.56 Å². The largest absolute Gasteiger partial charge is 0.499 e. The summed E-state index contributed by atoms with van der Waals surface area (Å²) in [6.45, 7) is 3.58. The predicted molar refractivity (Wildman–Crippen MR) is 47.6 cm³/mol. The van der Waals surface area contributed by atoms with E-state index in [1.165, 1.54) is 7.11 Å². The average Bonchev–Trinajstić information content (AvgIpc) is 2.17. The molecule has 0 aliphatic heterocycles. The van der Waals surface area contributed by atoms with Gasteiger partial charge in [0.1, 0.15) is 11.9 Å². The summed E-state index contributed by atoms with van der Waals surface area (Å²) in [4.78, 5) is 0. The van der Waals surface area contributed by atoms with Crippen molar-refractivity contribution >= 4 is 0 Å². The minimum atomic E-state index is -0.726. The Morgan fingerprint density at radius 1 is 1.42 bits per heavy atom. The fourth-order valence-electron chi connectivity index (χ4n) is 0.933. The normalized spacial score (nSPS) is 12.2. The first kappa shape index (κ1) is 8.81. The Hall–Kier alpha value is -1.28. The van der Waals surface area contributed by atoms with Crippen LogP contribution in [0.25, 0.3) is 0 Å². The van der Waals surface area contributed by atoms with E-state index in [4.69, 9.17) is 4.74 Å². The maximum absolute atomic E-state index is 9.56. The molecule has 1 N–H and O–H groups in total. The fourth-order valence-corrected chi connectivity index (χ4v) is 0.933. The lowest BCUT2D eigenvalue weighted by Crippen LogP contribution is -2.01. The number of benzene rings is 1. The van der Waals surface area contributed by atoms with Crippen molar-refractivity contribution in [2.75, 3.05) is 7.11 Å². The first-order valence-electron chi connectivity index (χ1n) is 3.71. The van der Waals surface area contributed by atoms with Crippen molar-refractivity contribution in [2.24, 2.45) is 0 Å². The highest BCUT2D eigenvalue weighted by molar-refractivity contribution is 5.22. The van der Waals surface area contributed by atoms with E-state index in [-0.39, 0.29) is 0 Å². The van der Waals surface area contributed by atoms with Crippen molar-refractivity contribution in [3.05, 3.63) is 48.2 Å². The molecule has 0 bridgehead atoms. The van der Waals surface area contributed by atoms with Crippen LogP contribution in [0.1, 0.15) is 11.7 Å². The number of ether oxygens (including phenoxy) is 1. The quantitative estimate of drug-likeness (QED) is 0.691. The highest BCUT2D eigenvalue weighted by atomic mass is 16.5. The third-order valence-electron chi connectivity index (χ3n) is 1.68. The second kappa shape index (κ2) is 3.93. The van der Waals surface area contributed by atoms with Crippen LogP contribution in [0.2, 0.25) is 0 Å². The molecule has 0 saturated heterocycles. The van der Waals surface area contributed by atoms with Gasteiger partial charge in [-0.3, -0.25) is 0 Å². The third-order valence-corrected chi connectivity index (χ3v) is 1.68. The second-order valence-corrected chi connectivity index (χ2v) is 2.48. The summed E-state index contributed by atoms with van der Waals surface area (Å²) in [6, 6.07) is 9.28. The summed E-state index contributed by atoms with van der Waals surface area (Å²) in [5, 5.41) is 9.56. The van der Waals surface area contributed by atoms with Crippen LogP contribution in [0.15, 0.2) is 42.7 Å². The minimum absolute atomic E-state index is 0.362. The zero-order chi connectivity index (χ0) is 8.97. The SMILES string of the molecule is C=C(OC)[C@@H](O)c1ccccc1. The van der Waals surface area contributed by atoms with Crippen LogP contribution in [0.5, 0.6) is 0 Å². The number of hydrogen-bond acceptors (Lipinski definition) is 2. The highest BCUT2D eigenvalue weighted by Crippen LogP contribution is 2.19. The summed E-state index contributed by atoms with van der Waals surface area (Å²) in [5.41, 5.74) is 0.796. The first-order chi connectivity index (χ1) is 5.75. The van der Waals surface area contributed by atoms with Crippen molar-refractivity contribution in [1.29, 1.82) is 0 Å². The van der Waals surface area contributed by atoms with Gasteiger partial charge in [0.2, 0.25) is 0 Å². The minimum Gasteiger partial charge on any atom is -0.499 e. The van der Waals surface area contributed by atoms with Crippen LogP contribution in [-0.4, -0.2) is 12.2 Å². The third kappa shape index (κ3) is 1.86. The van der Waals surface area contributed by atoms with Gasteiger partial charge < -0.3 is 9.84 Å². The molecule has 0 radical (unpaired) electrons. The Balaban J connectivity index is 2.78. The smallest absolute Gasteiger partial charge is 0.135 e. The van der Waals surface area contributed by atoms with Gasteiger partial charge in [-0.05, 0) is 5.56 Å². The molecule has 2 nitrogen and oxygen atoms in total. The maximum atomic E-state index is 9.56. The molecule has 0 amide bonds.